The molecule has 4 heteroatoms. The fourth-order valence-electron chi connectivity index (χ4n) is 1.81. The Hall–Kier alpha value is -0.700. The molecule has 1 aromatic heterocycles. The number of aryl methyl sites for hydroxylation is 2. The normalized spacial score (nSPS) is 12.5. The molecule has 1 aromatic carbocycles. The number of hydrogen-bond donors (Lipinski definition) is 0. The maximum Gasteiger partial charge on any atom is 0.123 e. The average Bonchev–Trinajstić information content (AvgIpc) is 2.69. The van der Waals surface area contributed by atoms with Gasteiger partial charge in [0.05, 0.1) is 17.5 Å². The van der Waals surface area contributed by atoms with Crippen molar-refractivity contribution in [1.29, 1.82) is 0 Å². The van der Waals surface area contributed by atoms with E-state index in [0.29, 0.717) is 0 Å². The van der Waals surface area contributed by atoms with E-state index in [1.807, 2.05) is 37.4 Å². The lowest BCUT2D eigenvalue weighted by Gasteiger charge is -2.14. The van der Waals surface area contributed by atoms with Gasteiger partial charge >= 0.3 is 0 Å². The van der Waals surface area contributed by atoms with Crippen LogP contribution in [0.1, 0.15) is 26.9 Å². The van der Waals surface area contributed by atoms with Crippen molar-refractivity contribution in [2.75, 3.05) is 7.11 Å². The molecule has 0 radical (unpaired) electrons. The summed E-state index contributed by atoms with van der Waals surface area (Å²) in [5, 5.41) is 2.50. The Balaban J connectivity index is 2.48. The Morgan fingerprint density at radius 3 is 2.56 bits per heavy atom. The second-order valence-corrected chi connectivity index (χ2v) is 5.93. The van der Waals surface area contributed by atoms with Gasteiger partial charge in [0.15, 0.2) is 0 Å². The van der Waals surface area contributed by atoms with Crippen LogP contribution >= 0.6 is 34.5 Å². The number of hydrogen-bond acceptors (Lipinski definition) is 2. The molecule has 0 saturated carbocycles. The smallest absolute Gasteiger partial charge is 0.123 e. The number of rotatable bonds is 3. The van der Waals surface area contributed by atoms with Crippen molar-refractivity contribution in [3.05, 3.63) is 50.2 Å². The van der Waals surface area contributed by atoms with Gasteiger partial charge in [-0.05, 0) is 30.9 Å². The van der Waals surface area contributed by atoms with Crippen molar-refractivity contribution in [3.8, 4) is 5.75 Å². The van der Waals surface area contributed by atoms with Crippen molar-refractivity contribution in [2.24, 2.45) is 0 Å². The topological polar surface area (TPSA) is 9.23 Å². The second kappa shape index (κ2) is 5.52. The summed E-state index contributed by atoms with van der Waals surface area (Å²) in [6.45, 7) is 4.02. The van der Waals surface area contributed by atoms with Crippen LogP contribution in [0, 0.1) is 13.8 Å². The van der Waals surface area contributed by atoms with E-state index in [1.54, 1.807) is 18.4 Å². The highest BCUT2D eigenvalue weighted by Gasteiger charge is 2.21. The van der Waals surface area contributed by atoms with Gasteiger partial charge in [-0.15, -0.1) is 22.9 Å². The number of benzene rings is 1. The summed E-state index contributed by atoms with van der Waals surface area (Å²) in [5.74, 6) is 0.794. The lowest BCUT2D eigenvalue weighted by atomic mass is 10.1. The molecule has 0 aliphatic carbocycles. The molecule has 0 bridgehead atoms. The summed E-state index contributed by atoms with van der Waals surface area (Å²) in [5.41, 5.74) is 3.18. The van der Waals surface area contributed by atoms with E-state index in [1.165, 1.54) is 0 Å². The zero-order chi connectivity index (χ0) is 13.3. The Labute approximate surface area is 121 Å². The third kappa shape index (κ3) is 2.51. The Morgan fingerprint density at radius 2 is 2.00 bits per heavy atom. The van der Waals surface area contributed by atoms with E-state index in [-0.39, 0.29) is 5.38 Å². The fraction of sp³-hybridized carbons (Fsp3) is 0.286. The molecular weight excluding hydrogens is 287 g/mol. The first-order valence-electron chi connectivity index (χ1n) is 5.56. The molecule has 0 saturated heterocycles. The number of methoxy groups -OCH3 is 1. The molecule has 2 rings (SSSR count). The molecule has 2 aromatic rings. The van der Waals surface area contributed by atoms with Crippen LogP contribution in [-0.4, -0.2) is 7.11 Å². The summed E-state index contributed by atoms with van der Waals surface area (Å²) in [7, 11) is 1.65. The van der Waals surface area contributed by atoms with Gasteiger partial charge in [-0.25, -0.2) is 0 Å². The monoisotopic (exact) mass is 300 g/mol. The summed E-state index contributed by atoms with van der Waals surface area (Å²) in [4.78, 5) is 0.972. The highest BCUT2D eigenvalue weighted by Crippen LogP contribution is 2.42. The van der Waals surface area contributed by atoms with E-state index in [2.05, 4.69) is 0 Å². The predicted molar refractivity (Wildman–Crippen MR) is 79.5 cm³/mol. The lowest BCUT2D eigenvalue weighted by molar-refractivity contribution is 0.410. The number of halogens is 2. The molecule has 0 spiro atoms. The molecule has 0 N–H and O–H groups in total. The molecule has 1 atom stereocenters. The largest absolute Gasteiger partial charge is 0.496 e. The zero-order valence-corrected chi connectivity index (χ0v) is 12.8. The minimum atomic E-state index is -0.272. The van der Waals surface area contributed by atoms with Gasteiger partial charge in [-0.1, -0.05) is 29.3 Å². The molecule has 18 heavy (non-hydrogen) atoms. The molecular formula is C14H14Cl2OS. The highest BCUT2D eigenvalue weighted by molar-refractivity contribution is 7.11. The van der Waals surface area contributed by atoms with Crippen molar-refractivity contribution >= 4 is 34.5 Å². The molecule has 1 unspecified atom stereocenters. The standard InChI is InChI=1S/C14H14Cl2OS/c1-8-4-5-11(17-3)10(6-8)13(16)14-12(15)9(2)7-18-14/h4-7,13H,1-3H3. The Kier molecular flexibility index (Phi) is 4.21. The third-order valence-electron chi connectivity index (χ3n) is 2.81. The van der Waals surface area contributed by atoms with Crippen LogP contribution in [0.25, 0.3) is 0 Å². The van der Waals surface area contributed by atoms with Crippen LogP contribution in [0.4, 0.5) is 0 Å². The summed E-state index contributed by atoms with van der Waals surface area (Å²) < 4.78 is 5.37. The van der Waals surface area contributed by atoms with Crippen LogP contribution < -0.4 is 4.74 Å². The van der Waals surface area contributed by atoms with Gasteiger partial charge in [0.25, 0.3) is 0 Å². The van der Waals surface area contributed by atoms with Crippen molar-refractivity contribution in [3.63, 3.8) is 0 Å². The van der Waals surface area contributed by atoms with Gasteiger partial charge in [0.1, 0.15) is 5.75 Å². The SMILES string of the molecule is COc1ccc(C)cc1C(Cl)c1scc(C)c1Cl. The number of ether oxygens (including phenoxy) is 1. The maximum atomic E-state index is 6.55. The highest BCUT2D eigenvalue weighted by atomic mass is 35.5. The molecule has 0 amide bonds. The summed E-state index contributed by atoms with van der Waals surface area (Å²) in [6.07, 6.45) is 0. The minimum absolute atomic E-state index is 0.272. The van der Waals surface area contributed by atoms with Crippen LogP contribution in [0.2, 0.25) is 5.02 Å². The van der Waals surface area contributed by atoms with E-state index in [4.69, 9.17) is 27.9 Å². The van der Waals surface area contributed by atoms with Gasteiger partial charge in [0.2, 0.25) is 0 Å². The summed E-state index contributed by atoms with van der Waals surface area (Å²) in [6, 6.07) is 5.99. The first-order chi connectivity index (χ1) is 8.54. The average molecular weight is 301 g/mol. The van der Waals surface area contributed by atoms with Crippen molar-refractivity contribution < 1.29 is 4.74 Å². The van der Waals surface area contributed by atoms with Gasteiger partial charge in [-0.2, -0.15) is 0 Å². The molecule has 1 nitrogen and oxygen atoms in total. The number of thiophene rings is 1. The van der Waals surface area contributed by atoms with Gasteiger partial charge in [0, 0.05) is 10.4 Å². The molecule has 96 valence electrons. The molecule has 1 heterocycles. The van der Waals surface area contributed by atoms with Crippen LogP contribution in [0.5, 0.6) is 5.75 Å². The molecule has 0 fully saturated rings. The Bertz CT molecular complexity index is 563. The summed E-state index contributed by atoms with van der Waals surface area (Å²) >= 11 is 14.4. The third-order valence-corrected chi connectivity index (χ3v) is 5.18. The minimum Gasteiger partial charge on any atom is -0.496 e. The van der Waals surface area contributed by atoms with Gasteiger partial charge < -0.3 is 4.74 Å². The van der Waals surface area contributed by atoms with E-state index < -0.39 is 0 Å². The van der Waals surface area contributed by atoms with Gasteiger partial charge in [-0.3, -0.25) is 0 Å². The van der Waals surface area contributed by atoms with Crippen LogP contribution in [0.3, 0.4) is 0 Å². The van der Waals surface area contributed by atoms with E-state index >= 15 is 0 Å². The van der Waals surface area contributed by atoms with Crippen LogP contribution in [0.15, 0.2) is 23.6 Å². The Morgan fingerprint density at radius 1 is 1.28 bits per heavy atom. The first-order valence-corrected chi connectivity index (χ1v) is 7.26. The lowest BCUT2D eigenvalue weighted by Crippen LogP contribution is -1.97. The van der Waals surface area contributed by atoms with E-state index in [9.17, 15) is 0 Å². The maximum absolute atomic E-state index is 6.55. The molecule has 0 aliphatic rings. The predicted octanol–water partition coefficient (Wildman–Crippen LogP) is 5.36. The second-order valence-electron chi connectivity index (χ2n) is 4.20. The fourth-order valence-corrected chi connectivity index (χ4v) is 3.60. The molecule has 0 aliphatic heterocycles. The first kappa shape index (κ1) is 13.7. The van der Waals surface area contributed by atoms with E-state index in [0.717, 1.165) is 32.3 Å². The van der Waals surface area contributed by atoms with Crippen LogP contribution in [-0.2, 0) is 0 Å². The van der Waals surface area contributed by atoms with Crippen molar-refractivity contribution in [2.45, 2.75) is 19.2 Å². The zero-order valence-electron chi connectivity index (χ0n) is 10.5. The van der Waals surface area contributed by atoms with Crippen molar-refractivity contribution in [1.82, 2.24) is 0 Å². The number of alkyl halides is 1. The quantitative estimate of drug-likeness (QED) is 0.694.